The maximum absolute atomic E-state index is 11.4. The summed E-state index contributed by atoms with van der Waals surface area (Å²) in [7, 11) is 2.11. The van der Waals surface area contributed by atoms with Gasteiger partial charge in [0.2, 0.25) is 0 Å². The van der Waals surface area contributed by atoms with E-state index in [1.54, 1.807) is 0 Å². The molecule has 0 aromatic heterocycles. The van der Waals surface area contributed by atoms with Crippen molar-refractivity contribution in [3.63, 3.8) is 0 Å². The fourth-order valence-electron chi connectivity index (χ4n) is 2.76. The Labute approximate surface area is 182 Å². The van der Waals surface area contributed by atoms with Gasteiger partial charge in [-0.05, 0) is 31.5 Å². The van der Waals surface area contributed by atoms with Crippen LogP contribution in [0.5, 0.6) is 0 Å². The molecule has 1 amide bonds. The van der Waals surface area contributed by atoms with Crippen LogP contribution >= 0.6 is 0 Å². The third-order valence-electron chi connectivity index (χ3n) is 3.99. The van der Waals surface area contributed by atoms with Gasteiger partial charge in [0.1, 0.15) is 12.7 Å². The highest BCUT2D eigenvalue weighted by Gasteiger charge is 2.19. The van der Waals surface area contributed by atoms with Crippen LogP contribution < -0.4 is 5.32 Å². The topological polar surface area (TPSA) is 77.1 Å². The summed E-state index contributed by atoms with van der Waals surface area (Å²) in [6, 6.07) is 9.55. The number of carbonyl (C=O) groups excluding carboxylic acids is 2. The van der Waals surface area contributed by atoms with Crippen LogP contribution in [0.4, 0.5) is 4.79 Å². The van der Waals surface area contributed by atoms with Gasteiger partial charge < -0.3 is 24.4 Å². The van der Waals surface area contributed by atoms with Crippen molar-refractivity contribution in [1.82, 2.24) is 10.2 Å². The van der Waals surface area contributed by atoms with Crippen molar-refractivity contribution in [1.29, 1.82) is 0 Å². The Kier molecular flexibility index (Phi) is 17.5. The summed E-state index contributed by atoms with van der Waals surface area (Å²) in [6.07, 6.45) is 1.37. The van der Waals surface area contributed by atoms with Crippen LogP contribution in [-0.2, 0) is 25.6 Å². The molecule has 0 bridgehead atoms. The van der Waals surface area contributed by atoms with Crippen LogP contribution in [0.2, 0.25) is 0 Å². The first-order valence-corrected chi connectivity index (χ1v) is 10.8. The van der Waals surface area contributed by atoms with Gasteiger partial charge in [-0.1, -0.05) is 58.0 Å². The zero-order valence-corrected chi connectivity index (χ0v) is 19.3. The second kappa shape index (κ2) is 18.9. The maximum atomic E-state index is 11.4. The predicted molar refractivity (Wildman–Crippen MR) is 119 cm³/mol. The van der Waals surface area contributed by atoms with E-state index in [1.807, 2.05) is 44.2 Å². The van der Waals surface area contributed by atoms with Gasteiger partial charge in [-0.15, -0.1) is 0 Å². The minimum Gasteiger partial charge on any atom is -0.463 e. The van der Waals surface area contributed by atoms with Gasteiger partial charge in [0.15, 0.2) is 0 Å². The molecule has 172 valence electrons. The normalized spacial score (nSPS) is 14.8. The molecule has 0 radical (unpaired) electrons. The van der Waals surface area contributed by atoms with E-state index in [9.17, 15) is 9.59 Å². The van der Waals surface area contributed by atoms with Crippen molar-refractivity contribution in [3.05, 3.63) is 35.9 Å². The molecule has 1 aromatic rings. The van der Waals surface area contributed by atoms with E-state index < -0.39 is 0 Å². The van der Waals surface area contributed by atoms with Gasteiger partial charge in [0.05, 0.1) is 13.2 Å². The molecule has 0 aliphatic carbocycles. The predicted octanol–water partition coefficient (Wildman–Crippen LogP) is 3.87. The number of amides is 1. The van der Waals surface area contributed by atoms with E-state index in [0.717, 1.165) is 31.5 Å². The average Bonchev–Trinajstić information content (AvgIpc) is 3.25. The molecule has 30 heavy (non-hydrogen) atoms. The molecule has 7 heteroatoms. The molecule has 1 unspecified atom stereocenters. The van der Waals surface area contributed by atoms with E-state index in [1.165, 1.54) is 0 Å². The van der Waals surface area contributed by atoms with Crippen LogP contribution in [0.25, 0.3) is 0 Å². The van der Waals surface area contributed by atoms with E-state index in [2.05, 4.69) is 35.8 Å². The lowest BCUT2D eigenvalue weighted by Crippen LogP contribution is -2.32. The smallest absolute Gasteiger partial charge is 0.407 e. The fraction of sp³-hybridized carbons (Fsp3) is 0.652. The minimum atomic E-state index is -0.322. The Morgan fingerprint density at radius 1 is 1.30 bits per heavy atom. The first-order valence-electron chi connectivity index (χ1n) is 10.8. The molecule has 7 nitrogen and oxygen atoms in total. The third kappa shape index (κ3) is 15.8. The quantitative estimate of drug-likeness (QED) is 0.454. The first-order chi connectivity index (χ1) is 14.5. The molecule has 0 saturated carbocycles. The van der Waals surface area contributed by atoms with Gasteiger partial charge in [-0.3, -0.25) is 4.79 Å². The van der Waals surface area contributed by atoms with Crippen molar-refractivity contribution >= 4 is 12.6 Å². The average molecular weight is 425 g/mol. The standard InChI is InChI=1S/C13H26N2O3.C8H8O2.C2H6/c1-11(2)9-15(3)7-4-6-14-13(16)18-12-5-8-17-10-12;9-7-10-6-8-4-2-1-3-5-8;1-2/h11-12H,4-10H2,1-3H3,(H,14,16);1-5,7H,6H2;1-2H3. The number of rotatable bonds is 10. The van der Waals surface area contributed by atoms with Gasteiger partial charge in [-0.2, -0.15) is 0 Å². The summed E-state index contributed by atoms with van der Waals surface area (Å²) in [5.74, 6) is 0.676. The van der Waals surface area contributed by atoms with Crippen molar-refractivity contribution in [2.45, 2.75) is 53.2 Å². The van der Waals surface area contributed by atoms with Gasteiger partial charge >= 0.3 is 6.09 Å². The number of ether oxygens (including phenoxy) is 3. The lowest BCUT2D eigenvalue weighted by atomic mass is 10.2. The number of nitrogens with one attached hydrogen (secondary N) is 1. The highest BCUT2D eigenvalue weighted by molar-refractivity contribution is 5.67. The van der Waals surface area contributed by atoms with E-state index in [4.69, 9.17) is 9.47 Å². The molecule has 1 aliphatic heterocycles. The summed E-state index contributed by atoms with van der Waals surface area (Å²) >= 11 is 0. The molecule has 1 aliphatic rings. The minimum absolute atomic E-state index is 0.0615. The SMILES string of the molecule is CC.CC(C)CN(C)CCCNC(=O)OC1CCOC1.O=COCc1ccccc1. The zero-order valence-electron chi connectivity index (χ0n) is 19.3. The van der Waals surface area contributed by atoms with Crippen molar-refractivity contribution < 1.29 is 23.8 Å². The van der Waals surface area contributed by atoms with Gasteiger partial charge in [-0.25, -0.2) is 4.79 Å². The molecule has 1 aromatic carbocycles. The number of hydrogen-bond acceptors (Lipinski definition) is 6. The van der Waals surface area contributed by atoms with Gasteiger partial charge in [0, 0.05) is 19.5 Å². The lowest BCUT2D eigenvalue weighted by Gasteiger charge is -2.18. The zero-order chi connectivity index (χ0) is 22.6. The second-order valence-electron chi connectivity index (χ2n) is 7.22. The van der Waals surface area contributed by atoms with E-state index >= 15 is 0 Å². The van der Waals surface area contributed by atoms with Crippen molar-refractivity contribution in [2.75, 3.05) is 39.9 Å². The van der Waals surface area contributed by atoms with E-state index in [-0.39, 0.29) is 12.2 Å². The number of nitrogens with zero attached hydrogens (tertiary/aromatic N) is 1. The van der Waals surface area contributed by atoms with Gasteiger partial charge in [0.25, 0.3) is 6.47 Å². The molecule has 1 fully saturated rings. The molecule has 1 saturated heterocycles. The number of hydrogen-bond donors (Lipinski definition) is 1. The molecule has 2 rings (SSSR count). The monoisotopic (exact) mass is 424 g/mol. The highest BCUT2D eigenvalue weighted by atomic mass is 16.6. The Balaban J connectivity index is 0.000000590. The Bertz CT molecular complexity index is 534. The Hall–Kier alpha value is -2.12. The van der Waals surface area contributed by atoms with Crippen LogP contribution in [0.3, 0.4) is 0 Å². The third-order valence-corrected chi connectivity index (χ3v) is 3.99. The summed E-state index contributed by atoms with van der Waals surface area (Å²) in [6.45, 7) is 13.2. The van der Waals surface area contributed by atoms with Crippen molar-refractivity contribution in [2.24, 2.45) is 5.92 Å². The summed E-state index contributed by atoms with van der Waals surface area (Å²) < 4.78 is 14.9. The number of carbonyl (C=O) groups is 2. The van der Waals surface area contributed by atoms with Crippen molar-refractivity contribution in [3.8, 4) is 0 Å². The first kappa shape index (κ1) is 27.9. The second-order valence-corrected chi connectivity index (χ2v) is 7.22. The van der Waals surface area contributed by atoms with Crippen LogP contribution in [0, 0.1) is 5.92 Å². The largest absolute Gasteiger partial charge is 0.463 e. The van der Waals surface area contributed by atoms with Crippen LogP contribution in [0.15, 0.2) is 30.3 Å². The molecule has 1 heterocycles. The molecular weight excluding hydrogens is 384 g/mol. The molecule has 0 spiro atoms. The van der Waals surface area contributed by atoms with Crippen LogP contribution in [0.1, 0.15) is 46.1 Å². The molecular formula is C23H40N2O5. The molecule has 1 N–H and O–H groups in total. The van der Waals surface area contributed by atoms with Crippen LogP contribution in [-0.4, -0.2) is 63.5 Å². The summed E-state index contributed by atoms with van der Waals surface area (Å²) in [5, 5.41) is 2.77. The fourth-order valence-corrected chi connectivity index (χ4v) is 2.76. The Morgan fingerprint density at radius 3 is 2.57 bits per heavy atom. The summed E-state index contributed by atoms with van der Waals surface area (Å²) in [5.41, 5.74) is 1.01. The highest BCUT2D eigenvalue weighted by Crippen LogP contribution is 2.07. The summed E-state index contributed by atoms with van der Waals surface area (Å²) in [4.78, 5) is 23.5. The van der Waals surface area contributed by atoms with E-state index in [0.29, 0.717) is 38.8 Å². The molecule has 1 atom stereocenters. The number of benzene rings is 1. The Morgan fingerprint density at radius 2 is 2.00 bits per heavy atom. The lowest BCUT2D eigenvalue weighted by molar-refractivity contribution is -0.129. The number of alkyl carbamates (subject to hydrolysis) is 1. The maximum Gasteiger partial charge on any atom is 0.407 e.